The van der Waals surface area contributed by atoms with Crippen LogP contribution in [0.15, 0.2) is 198 Å². The second kappa shape index (κ2) is 18.2. The van der Waals surface area contributed by atoms with Crippen LogP contribution >= 0.6 is 0 Å². The van der Waals surface area contributed by atoms with Crippen LogP contribution in [0.2, 0.25) is 0 Å². The van der Waals surface area contributed by atoms with Crippen molar-refractivity contribution in [3.63, 3.8) is 0 Å². The molecule has 10 rings (SSSR count). The standard InChI is InChI=1S/C41H35N4.C12H8NO2S.Pt/c1-30-15-10-11-22-38(30)43(2)28-42-34-25-33(26-35(27-34)45-29-44(3)39-23-12-13-24-40(39)45)41-36(31-16-6-4-7-17-31)20-14-21-37(41)32-18-8-5-9-19-32;14-16(15)11-7-3-1-5-9(11)13-10-6-2-4-8-12(10)16;/h4-26,28-29,42H,1-3H3;1-8H;/q-3;-1;+4. The number of benzene rings is 8. The zero-order valence-corrected chi connectivity index (χ0v) is 37.5. The van der Waals surface area contributed by atoms with Gasteiger partial charge in [-0.05, 0) is 84.7 Å². The smallest absolute Gasteiger partial charge is 0.656 e. The molecule has 0 saturated heterocycles. The summed E-state index contributed by atoms with van der Waals surface area (Å²) in [6.45, 7) is 6.28. The molecule has 2 aliphatic rings. The molecule has 7 nitrogen and oxygen atoms in total. The van der Waals surface area contributed by atoms with Gasteiger partial charge in [0.2, 0.25) is 9.84 Å². The first kappa shape index (κ1) is 42.1. The summed E-state index contributed by atoms with van der Waals surface area (Å²) in [5.74, 6) is 0. The first-order valence-corrected chi connectivity index (χ1v) is 21.6. The Morgan fingerprint density at radius 3 is 1.77 bits per heavy atom. The van der Waals surface area contributed by atoms with Crippen molar-refractivity contribution in [3.8, 4) is 33.4 Å². The topological polar surface area (TPSA) is 70.0 Å². The largest absolute Gasteiger partial charge is 4.00 e. The van der Waals surface area contributed by atoms with Gasteiger partial charge in [-0.3, -0.25) is 0 Å². The zero-order valence-electron chi connectivity index (χ0n) is 34.4. The minimum absolute atomic E-state index is 0. The van der Waals surface area contributed by atoms with Crippen molar-refractivity contribution in [1.29, 1.82) is 0 Å². The number of sulfone groups is 1. The number of nitrogens with zero attached hydrogens (tertiary/aromatic N) is 4. The minimum Gasteiger partial charge on any atom is -0.656 e. The van der Waals surface area contributed by atoms with E-state index < -0.39 is 9.84 Å². The molecule has 2 aliphatic heterocycles. The minimum atomic E-state index is -3.40. The van der Waals surface area contributed by atoms with E-state index >= 15 is 0 Å². The normalized spacial score (nSPS) is 13.0. The second-order valence-electron chi connectivity index (χ2n) is 14.9. The van der Waals surface area contributed by atoms with Crippen molar-refractivity contribution in [3.05, 3.63) is 218 Å². The molecule has 0 aromatic heterocycles. The number of para-hydroxylation sites is 5. The quantitative estimate of drug-likeness (QED) is 0.153. The summed E-state index contributed by atoms with van der Waals surface area (Å²) in [6, 6.07) is 66.6. The average molecular weight is 1010 g/mol. The maximum atomic E-state index is 12.2. The summed E-state index contributed by atoms with van der Waals surface area (Å²) < 4.78 is 24.5. The van der Waals surface area contributed by atoms with Gasteiger partial charge >= 0.3 is 21.1 Å². The van der Waals surface area contributed by atoms with E-state index in [1.807, 2.05) is 6.67 Å². The Hall–Kier alpha value is -6.60. The summed E-state index contributed by atoms with van der Waals surface area (Å²) in [5, 5.41) is 7.91. The van der Waals surface area contributed by atoms with Gasteiger partial charge in [0.25, 0.3) is 0 Å². The molecule has 0 spiro atoms. The van der Waals surface area contributed by atoms with Crippen LogP contribution in [0.1, 0.15) is 5.56 Å². The number of fused-ring (bicyclic) bond motifs is 3. The molecular weight excluding hydrogens is 966 g/mol. The predicted octanol–water partition coefficient (Wildman–Crippen LogP) is 13.3. The maximum Gasteiger partial charge on any atom is 4.00 e. The van der Waals surface area contributed by atoms with Crippen molar-refractivity contribution in [2.24, 2.45) is 0 Å². The molecule has 9 heteroatoms. The summed E-state index contributed by atoms with van der Waals surface area (Å²) in [5.41, 5.74) is 14.5. The molecule has 0 amide bonds. The number of anilines is 5. The van der Waals surface area contributed by atoms with Crippen LogP contribution in [-0.2, 0) is 30.9 Å². The molecule has 308 valence electrons. The van der Waals surface area contributed by atoms with Gasteiger partial charge in [0.1, 0.15) is 0 Å². The Labute approximate surface area is 379 Å². The molecule has 0 saturated carbocycles. The maximum absolute atomic E-state index is 12.2. The number of aryl methyl sites for hydroxylation is 1. The zero-order chi connectivity index (χ0) is 41.9. The van der Waals surface area contributed by atoms with E-state index in [0.29, 0.717) is 11.4 Å². The predicted molar refractivity (Wildman–Crippen MR) is 251 cm³/mol. The van der Waals surface area contributed by atoms with Gasteiger partial charge in [-0.1, -0.05) is 146 Å². The van der Waals surface area contributed by atoms with Gasteiger partial charge in [-0.2, -0.15) is 13.3 Å². The average Bonchev–Trinajstić information content (AvgIpc) is 3.65. The summed E-state index contributed by atoms with van der Waals surface area (Å²) in [6.07, 6.45) is 0. The van der Waals surface area contributed by atoms with Gasteiger partial charge in [0, 0.05) is 17.1 Å². The van der Waals surface area contributed by atoms with Crippen LogP contribution < -0.4 is 20.0 Å². The van der Waals surface area contributed by atoms with Crippen LogP contribution in [-0.4, -0.2) is 22.5 Å². The van der Waals surface area contributed by atoms with Crippen LogP contribution in [0, 0.1) is 26.3 Å². The van der Waals surface area contributed by atoms with E-state index in [4.69, 9.17) is 0 Å². The second-order valence-corrected chi connectivity index (χ2v) is 16.8. The first-order chi connectivity index (χ1) is 29.8. The molecule has 62 heavy (non-hydrogen) atoms. The van der Waals surface area contributed by atoms with Gasteiger partial charge in [0.15, 0.2) is 0 Å². The Morgan fingerprint density at radius 1 is 0.629 bits per heavy atom. The van der Waals surface area contributed by atoms with Crippen molar-refractivity contribution in [2.75, 3.05) is 34.1 Å². The molecule has 8 aromatic carbocycles. The van der Waals surface area contributed by atoms with Crippen molar-refractivity contribution in [2.45, 2.75) is 16.7 Å². The number of rotatable bonds is 8. The molecule has 0 atom stereocenters. The fourth-order valence-electron chi connectivity index (χ4n) is 7.94. The fraction of sp³-hybridized carbons (Fsp3) is 0.0566. The molecule has 0 aliphatic carbocycles. The van der Waals surface area contributed by atoms with Crippen LogP contribution in [0.5, 0.6) is 0 Å². The van der Waals surface area contributed by atoms with Gasteiger partial charge in [-0.15, -0.1) is 46.5 Å². The van der Waals surface area contributed by atoms with E-state index in [1.165, 1.54) is 33.4 Å². The number of nitrogens with one attached hydrogen (secondary N) is 1. The summed E-state index contributed by atoms with van der Waals surface area (Å²) >= 11 is 0. The van der Waals surface area contributed by atoms with E-state index in [1.54, 1.807) is 48.5 Å². The van der Waals surface area contributed by atoms with Crippen molar-refractivity contribution >= 4 is 49.6 Å². The van der Waals surface area contributed by atoms with E-state index in [9.17, 15) is 8.42 Å². The molecule has 0 bridgehead atoms. The van der Waals surface area contributed by atoms with Crippen molar-refractivity contribution in [1.82, 2.24) is 0 Å². The third-order valence-electron chi connectivity index (χ3n) is 10.9. The monoisotopic (exact) mass is 1010 g/mol. The van der Waals surface area contributed by atoms with E-state index in [2.05, 4.69) is 199 Å². The third kappa shape index (κ3) is 8.36. The van der Waals surface area contributed by atoms with E-state index in [0.717, 1.165) is 34.0 Å². The van der Waals surface area contributed by atoms with Crippen molar-refractivity contribution < 1.29 is 29.5 Å². The molecule has 1 N–H and O–H groups in total. The van der Waals surface area contributed by atoms with Crippen LogP contribution in [0.25, 0.3) is 38.7 Å². The van der Waals surface area contributed by atoms with Gasteiger partial charge < -0.3 is 25.3 Å². The Balaban J connectivity index is 0.000000260. The molecule has 0 unspecified atom stereocenters. The molecule has 0 radical (unpaired) electrons. The number of hydrogen-bond acceptors (Lipinski definition) is 6. The first-order valence-electron chi connectivity index (χ1n) is 20.1. The summed E-state index contributed by atoms with van der Waals surface area (Å²) in [4.78, 5) is 7.08. The Bertz CT molecular complexity index is 2850. The van der Waals surface area contributed by atoms with Gasteiger partial charge in [0.05, 0.1) is 9.79 Å². The molecule has 2 heterocycles. The Morgan fingerprint density at radius 2 is 1.16 bits per heavy atom. The molecule has 8 aromatic rings. The van der Waals surface area contributed by atoms with Crippen LogP contribution in [0.4, 0.5) is 39.8 Å². The number of hydrogen-bond donors (Lipinski definition) is 1. The fourth-order valence-corrected chi connectivity index (χ4v) is 9.47. The molecule has 0 fully saturated rings. The SMILES string of the molecule is Cc1ccccc1N(C)[CH-]Nc1[c-]c(N2[CH-]N(C)c3ccccc32)cc(-c2c(-c3ccccc3)cccc2-c2ccccc2)c1.O=S1(=O)c2ccccc2[N-]c2ccccc21.[Pt+4]. The summed E-state index contributed by atoms with van der Waals surface area (Å²) in [7, 11) is 0.760. The van der Waals surface area contributed by atoms with Gasteiger partial charge in [-0.25, -0.2) is 8.42 Å². The van der Waals surface area contributed by atoms with E-state index in [-0.39, 0.29) is 30.9 Å². The van der Waals surface area contributed by atoms with Crippen LogP contribution in [0.3, 0.4) is 0 Å². The third-order valence-corrected chi connectivity index (χ3v) is 12.8. The Kier molecular flexibility index (Phi) is 12.3. The molecular formula is C53H43N5O2PtS.